The molecule has 2 aliphatic rings. The molecule has 2 saturated heterocycles. The fraction of sp³-hybridized carbons (Fsp3) is 0.933. The van der Waals surface area contributed by atoms with Crippen LogP contribution in [0.3, 0.4) is 0 Å². The maximum atomic E-state index is 12.9. The fourth-order valence-corrected chi connectivity index (χ4v) is 3.73. The first-order valence-corrected chi connectivity index (χ1v) is 7.83. The van der Waals surface area contributed by atoms with Crippen molar-refractivity contribution in [1.29, 1.82) is 0 Å². The van der Waals surface area contributed by atoms with Gasteiger partial charge >= 0.3 is 0 Å². The number of likely N-dealkylation sites (tertiary alicyclic amines) is 1. The lowest BCUT2D eigenvalue weighted by atomic mass is 9.74. The molecule has 4 heteroatoms. The molecule has 2 fully saturated rings. The number of nitrogens with zero attached hydrogens (tertiary/aromatic N) is 1. The van der Waals surface area contributed by atoms with Gasteiger partial charge in [-0.15, -0.1) is 0 Å². The Bertz CT molecular complexity index is 295. The lowest BCUT2D eigenvalue weighted by molar-refractivity contribution is -0.143. The first kappa shape index (κ1) is 14.8. The Morgan fingerprint density at radius 1 is 1.42 bits per heavy atom. The summed E-state index contributed by atoms with van der Waals surface area (Å²) in [6.45, 7) is 6.12. The molecule has 4 nitrogen and oxygen atoms in total. The van der Waals surface area contributed by atoms with E-state index in [2.05, 4.69) is 17.1 Å². The van der Waals surface area contributed by atoms with E-state index in [9.17, 15) is 4.79 Å². The molecule has 2 rings (SSSR count). The molecule has 0 aromatic heterocycles. The molecule has 110 valence electrons. The largest absolute Gasteiger partial charge is 0.396 e. The molecule has 1 amide bonds. The van der Waals surface area contributed by atoms with E-state index >= 15 is 0 Å². The van der Waals surface area contributed by atoms with Crippen molar-refractivity contribution in [2.24, 2.45) is 11.3 Å². The van der Waals surface area contributed by atoms with Gasteiger partial charge in [0.15, 0.2) is 0 Å². The van der Waals surface area contributed by atoms with E-state index in [0.29, 0.717) is 11.8 Å². The zero-order chi connectivity index (χ0) is 13.7. The van der Waals surface area contributed by atoms with Gasteiger partial charge in [0.25, 0.3) is 0 Å². The number of piperidine rings is 1. The molecule has 1 unspecified atom stereocenters. The summed E-state index contributed by atoms with van der Waals surface area (Å²) in [5.74, 6) is 0.894. The standard InChI is InChI=1S/C15H28N2O2/c1-2-5-15(6-8-16-9-7-15)14(19)17-10-3-13(12-17)4-11-18/h13,16,18H,2-12H2,1H3. The number of rotatable bonds is 5. The van der Waals surface area contributed by atoms with Crippen LogP contribution in [0.2, 0.25) is 0 Å². The minimum Gasteiger partial charge on any atom is -0.396 e. The zero-order valence-corrected chi connectivity index (χ0v) is 12.2. The molecule has 1 atom stereocenters. The van der Waals surface area contributed by atoms with Gasteiger partial charge in [-0.3, -0.25) is 4.79 Å². The third-order valence-corrected chi connectivity index (χ3v) is 4.85. The summed E-state index contributed by atoms with van der Waals surface area (Å²) in [5.41, 5.74) is -0.103. The van der Waals surface area contributed by atoms with E-state index in [1.54, 1.807) is 0 Å². The second kappa shape index (κ2) is 6.71. The van der Waals surface area contributed by atoms with Gasteiger partial charge in [0.2, 0.25) is 5.91 Å². The summed E-state index contributed by atoms with van der Waals surface area (Å²) in [7, 11) is 0. The maximum absolute atomic E-state index is 12.9. The SMILES string of the molecule is CCCC1(C(=O)N2CCC(CCO)C2)CCNCC1. The second-order valence-electron chi connectivity index (χ2n) is 6.20. The predicted molar refractivity (Wildman–Crippen MR) is 75.8 cm³/mol. The van der Waals surface area contributed by atoms with Crippen LogP contribution in [0.4, 0.5) is 0 Å². The first-order valence-electron chi connectivity index (χ1n) is 7.83. The average molecular weight is 268 g/mol. The molecular weight excluding hydrogens is 240 g/mol. The molecule has 0 aromatic rings. The van der Waals surface area contributed by atoms with E-state index in [-0.39, 0.29) is 12.0 Å². The van der Waals surface area contributed by atoms with Gasteiger partial charge in [0, 0.05) is 19.7 Å². The number of carbonyl (C=O) groups excluding carboxylic acids is 1. The highest BCUT2D eigenvalue weighted by Gasteiger charge is 2.42. The molecule has 0 bridgehead atoms. The second-order valence-corrected chi connectivity index (χ2v) is 6.20. The summed E-state index contributed by atoms with van der Waals surface area (Å²) in [4.78, 5) is 15.0. The monoisotopic (exact) mass is 268 g/mol. The van der Waals surface area contributed by atoms with Crippen molar-refractivity contribution in [2.75, 3.05) is 32.8 Å². The van der Waals surface area contributed by atoms with Crippen LogP contribution < -0.4 is 5.32 Å². The van der Waals surface area contributed by atoms with Crippen molar-refractivity contribution in [3.8, 4) is 0 Å². The van der Waals surface area contributed by atoms with Crippen molar-refractivity contribution in [3.63, 3.8) is 0 Å². The Labute approximate surface area is 116 Å². The van der Waals surface area contributed by atoms with Crippen LogP contribution in [-0.2, 0) is 4.79 Å². The van der Waals surface area contributed by atoms with Crippen LogP contribution in [0, 0.1) is 11.3 Å². The summed E-state index contributed by atoms with van der Waals surface area (Å²) in [5, 5.41) is 12.4. The molecular formula is C15H28N2O2. The van der Waals surface area contributed by atoms with Gasteiger partial charge in [0.05, 0.1) is 5.41 Å². The molecule has 2 heterocycles. The van der Waals surface area contributed by atoms with Crippen LogP contribution in [0.5, 0.6) is 0 Å². The van der Waals surface area contributed by atoms with Crippen LogP contribution in [0.15, 0.2) is 0 Å². The van der Waals surface area contributed by atoms with Gasteiger partial charge in [-0.1, -0.05) is 13.3 Å². The summed E-state index contributed by atoms with van der Waals surface area (Å²) >= 11 is 0. The molecule has 0 saturated carbocycles. The Morgan fingerprint density at radius 2 is 2.16 bits per heavy atom. The number of amides is 1. The van der Waals surface area contributed by atoms with Crippen LogP contribution in [0.25, 0.3) is 0 Å². The van der Waals surface area contributed by atoms with Crippen molar-refractivity contribution in [2.45, 2.75) is 45.4 Å². The predicted octanol–water partition coefficient (Wildman–Crippen LogP) is 1.39. The number of aliphatic hydroxyl groups is 1. The van der Waals surface area contributed by atoms with E-state index in [0.717, 1.165) is 64.7 Å². The maximum Gasteiger partial charge on any atom is 0.228 e. The van der Waals surface area contributed by atoms with Crippen LogP contribution >= 0.6 is 0 Å². The van der Waals surface area contributed by atoms with Gasteiger partial charge in [-0.25, -0.2) is 0 Å². The number of hydrogen-bond acceptors (Lipinski definition) is 3. The Morgan fingerprint density at radius 3 is 2.79 bits per heavy atom. The fourth-order valence-electron chi connectivity index (χ4n) is 3.73. The Balaban J connectivity index is 1.99. The quantitative estimate of drug-likeness (QED) is 0.792. The highest BCUT2D eigenvalue weighted by molar-refractivity contribution is 5.83. The molecule has 19 heavy (non-hydrogen) atoms. The first-order chi connectivity index (χ1) is 9.22. The van der Waals surface area contributed by atoms with Gasteiger partial charge < -0.3 is 15.3 Å². The normalized spacial score (nSPS) is 26.6. The van der Waals surface area contributed by atoms with E-state index in [1.165, 1.54) is 0 Å². The molecule has 0 aromatic carbocycles. The molecule has 0 radical (unpaired) electrons. The summed E-state index contributed by atoms with van der Waals surface area (Å²) in [6.07, 6.45) is 5.98. The van der Waals surface area contributed by atoms with Gasteiger partial charge in [-0.05, 0) is 51.1 Å². The molecule has 2 N–H and O–H groups in total. The summed E-state index contributed by atoms with van der Waals surface area (Å²) < 4.78 is 0. The van der Waals surface area contributed by atoms with Crippen LogP contribution in [0.1, 0.15) is 45.4 Å². The third kappa shape index (κ3) is 3.29. The molecule has 0 spiro atoms. The van der Waals surface area contributed by atoms with Crippen molar-refractivity contribution < 1.29 is 9.90 Å². The topological polar surface area (TPSA) is 52.6 Å². The zero-order valence-electron chi connectivity index (χ0n) is 12.2. The van der Waals surface area contributed by atoms with Crippen molar-refractivity contribution >= 4 is 5.91 Å². The van der Waals surface area contributed by atoms with E-state index in [1.807, 2.05) is 0 Å². The lowest BCUT2D eigenvalue weighted by Crippen LogP contribution is -2.48. The van der Waals surface area contributed by atoms with Gasteiger partial charge in [-0.2, -0.15) is 0 Å². The third-order valence-electron chi connectivity index (χ3n) is 4.85. The minimum atomic E-state index is -0.103. The Hall–Kier alpha value is -0.610. The smallest absolute Gasteiger partial charge is 0.228 e. The van der Waals surface area contributed by atoms with E-state index in [4.69, 9.17) is 5.11 Å². The highest BCUT2D eigenvalue weighted by atomic mass is 16.3. The van der Waals surface area contributed by atoms with Gasteiger partial charge in [0.1, 0.15) is 0 Å². The van der Waals surface area contributed by atoms with Crippen molar-refractivity contribution in [3.05, 3.63) is 0 Å². The number of nitrogens with one attached hydrogen (secondary N) is 1. The minimum absolute atomic E-state index is 0.103. The van der Waals surface area contributed by atoms with E-state index < -0.39 is 0 Å². The number of aliphatic hydroxyl groups excluding tert-OH is 1. The lowest BCUT2D eigenvalue weighted by Gasteiger charge is -2.39. The highest BCUT2D eigenvalue weighted by Crippen LogP contribution is 2.37. The van der Waals surface area contributed by atoms with Crippen LogP contribution in [-0.4, -0.2) is 48.7 Å². The molecule has 0 aliphatic carbocycles. The average Bonchev–Trinajstić information content (AvgIpc) is 2.88. The summed E-state index contributed by atoms with van der Waals surface area (Å²) in [6, 6.07) is 0. The number of carbonyl (C=O) groups is 1. The van der Waals surface area contributed by atoms with Crippen molar-refractivity contribution in [1.82, 2.24) is 10.2 Å². The number of hydrogen-bond donors (Lipinski definition) is 2. The molecule has 2 aliphatic heterocycles. The Kier molecular flexibility index (Phi) is 5.22.